The zero-order valence-corrected chi connectivity index (χ0v) is 18.4. The number of anilines is 1. The van der Waals surface area contributed by atoms with Crippen molar-refractivity contribution in [3.63, 3.8) is 0 Å². The van der Waals surface area contributed by atoms with Crippen LogP contribution in [0.25, 0.3) is 0 Å². The number of rotatable bonds is 7. The van der Waals surface area contributed by atoms with Crippen LogP contribution in [0.3, 0.4) is 0 Å². The number of aryl methyl sites for hydroxylation is 4. The number of aliphatic hydroxyl groups is 1. The van der Waals surface area contributed by atoms with Crippen molar-refractivity contribution in [2.75, 3.05) is 18.5 Å². The maximum Gasteiger partial charge on any atom is 0.173 e. The van der Waals surface area contributed by atoms with Crippen LogP contribution >= 0.6 is 11.3 Å². The molecule has 0 spiro atoms. The Bertz CT molecular complexity index is 917. The summed E-state index contributed by atoms with van der Waals surface area (Å²) in [7, 11) is 0. The average Bonchev–Trinajstić information content (AvgIpc) is 2.96. The second kappa shape index (κ2) is 7.00. The summed E-state index contributed by atoms with van der Waals surface area (Å²) in [5.74, 6) is 1.75. The molecule has 0 aliphatic heterocycles. The fourth-order valence-electron chi connectivity index (χ4n) is 5.39. The Labute approximate surface area is 172 Å². The molecule has 3 nitrogen and oxygen atoms in total. The van der Waals surface area contributed by atoms with Gasteiger partial charge in [0, 0.05) is 23.5 Å². The number of benzene rings is 1. The monoisotopic (exact) mass is 397 g/mol. The molecule has 2 atom stereocenters. The van der Waals surface area contributed by atoms with Crippen LogP contribution in [0, 0.1) is 32.1 Å². The molecule has 2 aromatic rings. The van der Waals surface area contributed by atoms with E-state index >= 15 is 0 Å². The summed E-state index contributed by atoms with van der Waals surface area (Å²) in [5, 5.41) is 12.3. The zero-order valence-electron chi connectivity index (χ0n) is 17.6. The molecule has 150 valence electrons. The largest absolute Gasteiger partial charge is 0.395 e. The fraction of sp³-hybridized carbons (Fsp3) is 0.542. The summed E-state index contributed by atoms with van der Waals surface area (Å²) in [5.41, 5.74) is 7.97. The number of ketones is 1. The summed E-state index contributed by atoms with van der Waals surface area (Å²) in [6.45, 7) is 11.8. The van der Waals surface area contributed by atoms with E-state index < -0.39 is 0 Å². The lowest BCUT2D eigenvalue weighted by Crippen LogP contribution is -2.09. The van der Waals surface area contributed by atoms with Gasteiger partial charge in [-0.2, -0.15) is 0 Å². The van der Waals surface area contributed by atoms with Gasteiger partial charge in [-0.3, -0.25) is 4.79 Å². The molecule has 0 bridgehead atoms. The molecular formula is C24H31NO2S. The van der Waals surface area contributed by atoms with Gasteiger partial charge >= 0.3 is 0 Å². The highest BCUT2D eigenvalue weighted by Crippen LogP contribution is 2.71. The predicted molar refractivity (Wildman–Crippen MR) is 117 cm³/mol. The molecule has 0 unspecified atom stereocenters. The molecule has 1 saturated carbocycles. The minimum atomic E-state index is 0.124. The fourth-order valence-corrected chi connectivity index (χ4v) is 6.58. The SMILES string of the molecule is Cc1cc(CCC(=O)c2sc(C)c3c2C[C@@H]2[C@H]3C2(C)C)cc(C)c1NCCO. The number of Topliss-reactive ketones (excluding diaryl/α,β-unsaturated/α-hetero) is 1. The van der Waals surface area contributed by atoms with Crippen molar-refractivity contribution in [2.45, 2.75) is 59.8 Å². The molecule has 2 aliphatic carbocycles. The van der Waals surface area contributed by atoms with Crippen molar-refractivity contribution in [2.24, 2.45) is 11.3 Å². The molecule has 4 rings (SSSR count). The molecule has 1 aromatic carbocycles. The second-order valence-corrected chi connectivity index (χ2v) is 10.4. The molecule has 28 heavy (non-hydrogen) atoms. The van der Waals surface area contributed by atoms with Gasteiger partial charge in [-0.25, -0.2) is 0 Å². The van der Waals surface area contributed by atoms with Gasteiger partial charge in [0.05, 0.1) is 11.5 Å². The van der Waals surface area contributed by atoms with Gasteiger partial charge in [0.25, 0.3) is 0 Å². The number of nitrogens with one attached hydrogen (secondary N) is 1. The Balaban J connectivity index is 1.47. The van der Waals surface area contributed by atoms with Gasteiger partial charge < -0.3 is 10.4 Å². The molecule has 0 radical (unpaired) electrons. The molecule has 1 heterocycles. The van der Waals surface area contributed by atoms with Gasteiger partial charge in [-0.1, -0.05) is 26.0 Å². The summed E-state index contributed by atoms with van der Waals surface area (Å²) >= 11 is 1.73. The van der Waals surface area contributed by atoms with Crippen LogP contribution in [0.1, 0.15) is 68.6 Å². The normalized spacial score (nSPS) is 21.4. The van der Waals surface area contributed by atoms with Gasteiger partial charge in [0.1, 0.15) is 0 Å². The number of carbonyl (C=O) groups is 1. The van der Waals surface area contributed by atoms with Gasteiger partial charge in [0.15, 0.2) is 5.78 Å². The first-order valence-corrected chi connectivity index (χ1v) is 11.2. The molecule has 2 aliphatic rings. The van der Waals surface area contributed by atoms with E-state index in [1.165, 1.54) is 32.7 Å². The van der Waals surface area contributed by atoms with Crippen LogP contribution in [-0.4, -0.2) is 24.0 Å². The number of hydrogen-bond donors (Lipinski definition) is 2. The van der Waals surface area contributed by atoms with Gasteiger partial charge in [-0.15, -0.1) is 11.3 Å². The number of hydrogen-bond acceptors (Lipinski definition) is 4. The van der Waals surface area contributed by atoms with E-state index in [0.717, 1.165) is 29.3 Å². The Morgan fingerprint density at radius 2 is 1.93 bits per heavy atom. The Morgan fingerprint density at radius 3 is 2.57 bits per heavy atom. The second-order valence-electron chi connectivity index (χ2n) is 9.17. The molecule has 4 heteroatoms. The summed E-state index contributed by atoms with van der Waals surface area (Å²) in [6, 6.07) is 4.34. The lowest BCUT2D eigenvalue weighted by Gasteiger charge is -2.14. The van der Waals surface area contributed by atoms with Crippen molar-refractivity contribution in [3.05, 3.63) is 49.7 Å². The minimum Gasteiger partial charge on any atom is -0.395 e. The van der Waals surface area contributed by atoms with Gasteiger partial charge in [-0.05, 0) is 78.7 Å². The smallest absolute Gasteiger partial charge is 0.173 e. The first kappa shape index (κ1) is 19.7. The van der Waals surface area contributed by atoms with Crippen LogP contribution < -0.4 is 5.32 Å². The third kappa shape index (κ3) is 3.11. The quantitative estimate of drug-likeness (QED) is 0.632. The summed E-state index contributed by atoms with van der Waals surface area (Å²) in [4.78, 5) is 15.4. The third-order valence-electron chi connectivity index (χ3n) is 6.92. The standard InChI is InChI=1S/C24H31NO2S/c1-13-10-16(11-14(2)22(13)25-8-9-26)6-7-19(27)23-17-12-18-21(24(18,4)5)20(17)15(3)28-23/h10-11,18,21,25-26H,6-9,12H2,1-5H3/t18-,21-/m1/s1. The molecule has 1 fully saturated rings. The van der Waals surface area contributed by atoms with E-state index in [0.29, 0.717) is 30.1 Å². The van der Waals surface area contributed by atoms with E-state index in [9.17, 15) is 4.79 Å². The maximum absolute atomic E-state index is 13.0. The number of carbonyl (C=O) groups excluding carboxylic acids is 1. The van der Waals surface area contributed by atoms with E-state index in [1.807, 2.05) is 0 Å². The van der Waals surface area contributed by atoms with Crippen molar-refractivity contribution >= 4 is 22.8 Å². The topological polar surface area (TPSA) is 49.3 Å². The van der Waals surface area contributed by atoms with E-state index in [-0.39, 0.29) is 6.61 Å². The first-order chi connectivity index (χ1) is 13.3. The Hall–Kier alpha value is -1.65. The van der Waals surface area contributed by atoms with Crippen molar-refractivity contribution in [3.8, 4) is 0 Å². The van der Waals surface area contributed by atoms with Gasteiger partial charge in [0.2, 0.25) is 0 Å². The van der Waals surface area contributed by atoms with Crippen molar-refractivity contribution < 1.29 is 9.90 Å². The van der Waals surface area contributed by atoms with Crippen LogP contribution in [0.5, 0.6) is 0 Å². The van der Waals surface area contributed by atoms with Crippen LogP contribution in [0.2, 0.25) is 0 Å². The molecule has 2 N–H and O–H groups in total. The van der Waals surface area contributed by atoms with Crippen molar-refractivity contribution in [1.82, 2.24) is 0 Å². The summed E-state index contributed by atoms with van der Waals surface area (Å²) in [6.07, 6.45) is 2.46. The molecule has 1 aromatic heterocycles. The molecule has 0 amide bonds. The number of fused-ring (bicyclic) bond motifs is 3. The van der Waals surface area contributed by atoms with Crippen LogP contribution in [0.4, 0.5) is 5.69 Å². The van der Waals surface area contributed by atoms with Crippen molar-refractivity contribution in [1.29, 1.82) is 0 Å². The summed E-state index contributed by atoms with van der Waals surface area (Å²) < 4.78 is 0. The van der Waals surface area contributed by atoms with E-state index in [4.69, 9.17) is 5.11 Å². The molecular weight excluding hydrogens is 366 g/mol. The predicted octanol–water partition coefficient (Wildman–Crippen LogP) is 5.19. The third-order valence-corrected chi connectivity index (χ3v) is 8.12. The lowest BCUT2D eigenvalue weighted by molar-refractivity contribution is 0.0985. The highest BCUT2D eigenvalue weighted by Gasteiger charge is 2.63. The highest BCUT2D eigenvalue weighted by molar-refractivity contribution is 7.14. The zero-order chi connectivity index (χ0) is 20.2. The number of thiophene rings is 1. The Kier molecular flexibility index (Phi) is 4.91. The van der Waals surface area contributed by atoms with E-state index in [1.54, 1.807) is 11.3 Å². The van der Waals surface area contributed by atoms with E-state index in [2.05, 4.69) is 52.1 Å². The lowest BCUT2D eigenvalue weighted by atomic mass is 9.93. The minimum absolute atomic E-state index is 0.124. The number of aliphatic hydroxyl groups excluding tert-OH is 1. The molecule has 0 saturated heterocycles. The maximum atomic E-state index is 13.0. The first-order valence-electron chi connectivity index (χ1n) is 10.4. The highest BCUT2D eigenvalue weighted by atomic mass is 32.1. The van der Waals surface area contributed by atoms with Crippen LogP contribution in [-0.2, 0) is 12.8 Å². The van der Waals surface area contributed by atoms with Crippen LogP contribution in [0.15, 0.2) is 12.1 Å². The average molecular weight is 398 g/mol. The Morgan fingerprint density at radius 1 is 1.25 bits per heavy atom.